The van der Waals surface area contributed by atoms with E-state index in [0.29, 0.717) is 13.2 Å². The van der Waals surface area contributed by atoms with Gasteiger partial charge in [-0.2, -0.15) is 0 Å². The fourth-order valence-corrected chi connectivity index (χ4v) is 0.924. The van der Waals surface area contributed by atoms with Gasteiger partial charge >= 0.3 is 0 Å². The van der Waals surface area contributed by atoms with E-state index in [0.717, 1.165) is 5.75 Å². The summed E-state index contributed by atoms with van der Waals surface area (Å²) in [7, 11) is 3.25. The van der Waals surface area contributed by atoms with Gasteiger partial charge in [0.05, 0.1) is 13.7 Å². The third-order valence-electron chi connectivity index (χ3n) is 1.49. The van der Waals surface area contributed by atoms with E-state index in [1.807, 2.05) is 31.2 Å². The Bertz CT molecular complexity index is 233. The molecule has 0 N–H and O–H groups in total. The molecule has 1 radical (unpaired) electrons. The van der Waals surface area contributed by atoms with E-state index >= 15 is 0 Å². The summed E-state index contributed by atoms with van der Waals surface area (Å²) in [4.78, 5) is 0. The Morgan fingerprint density at radius 2 is 2.17 bits per heavy atom. The molecule has 1 rings (SSSR count). The van der Waals surface area contributed by atoms with Crippen LogP contribution in [0, 0.1) is 14.0 Å². The lowest BCUT2D eigenvalue weighted by Crippen LogP contribution is -2.03. The van der Waals surface area contributed by atoms with Crippen molar-refractivity contribution in [2.45, 2.75) is 6.92 Å². The molecule has 1 aromatic carbocycles. The largest absolute Gasteiger partial charge is 0.491 e. The van der Waals surface area contributed by atoms with Crippen LogP contribution < -0.4 is 4.74 Å². The fraction of sp³-hybridized carbons (Fsp3) is 0.300. The first-order valence-corrected chi connectivity index (χ1v) is 3.89. The first-order valence-electron chi connectivity index (χ1n) is 3.89. The van der Waals surface area contributed by atoms with Crippen molar-refractivity contribution >= 4 is 0 Å². The molecule has 0 bridgehead atoms. The molecule has 0 spiro atoms. The van der Waals surface area contributed by atoms with E-state index in [1.54, 1.807) is 0 Å². The van der Waals surface area contributed by atoms with Gasteiger partial charge in [-0.25, -0.2) is 0 Å². The van der Waals surface area contributed by atoms with Gasteiger partial charge in [0.2, 0.25) is 0 Å². The predicted octanol–water partition coefficient (Wildman–Crippen LogP) is 2.18. The van der Waals surface area contributed by atoms with Crippen molar-refractivity contribution in [2.75, 3.05) is 13.2 Å². The van der Waals surface area contributed by atoms with Crippen LogP contribution in [0.3, 0.4) is 0 Å². The van der Waals surface area contributed by atoms with Crippen molar-refractivity contribution in [3.05, 3.63) is 36.9 Å². The molecule has 0 saturated carbocycles. The van der Waals surface area contributed by atoms with Crippen molar-refractivity contribution in [3.63, 3.8) is 0 Å². The smallest absolute Gasteiger partial charge is 0.119 e. The summed E-state index contributed by atoms with van der Waals surface area (Å²) in [6.07, 6.45) is 0. The molecule has 2 heteroatoms. The highest BCUT2D eigenvalue weighted by molar-refractivity contribution is 5.27. The highest BCUT2D eigenvalue weighted by Crippen LogP contribution is 2.11. The Balaban J connectivity index is 2.41. The number of aryl methyl sites for hydroxylation is 1. The lowest BCUT2D eigenvalue weighted by molar-refractivity contribution is 0.174. The summed E-state index contributed by atoms with van der Waals surface area (Å²) in [6, 6.07) is 7.92. The molecular weight excluding hydrogens is 152 g/mol. The number of rotatable bonds is 4. The number of hydrogen-bond donors (Lipinski definition) is 0. The quantitative estimate of drug-likeness (QED) is 0.637. The van der Waals surface area contributed by atoms with Gasteiger partial charge in [0, 0.05) is 0 Å². The average Bonchev–Trinajstić information content (AvgIpc) is 2.05. The van der Waals surface area contributed by atoms with E-state index in [2.05, 4.69) is 11.8 Å². The Labute approximate surface area is 73.1 Å². The fourth-order valence-electron chi connectivity index (χ4n) is 0.924. The maximum atomic E-state index is 5.36. The van der Waals surface area contributed by atoms with Gasteiger partial charge < -0.3 is 9.47 Å². The summed E-state index contributed by atoms with van der Waals surface area (Å²) < 4.78 is 9.98. The number of benzene rings is 1. The summed E-state index contributed by atoms with van der Waals surface area (Å²) in [5, 5.41) is 0. The molecule has 0 unspecified atom stereocenters. The summed E-state index contributed by atoms with van der Waals surface area (Å²) >= 11 is 0. The minimum atomic E-state index is 0.522. The van der Waals surface area contributed by atoms with Gasteiger partial charge in [-0.05, 0) is 24.6 Å². The number of ether oxygens (including phenoxy) is 2. The zero-order chi connectivity index (χ0) is 8.81. The first kappa shape index (κ1) is 9.07. The second-order valence-corrected chi connectivity index (χ2v) is 2.57. The van der Waals surface area contributed by atoms with E-state index in [-0.39, 0.29) is 0 Å². The van der Waals surface area contributed by atoms with Crippen LogP contribution in [0.4, 0.5) is 0 Å². The summed E-state index contributed by atoms with van der Waals surface area (Å²) in [6.45, 7) is 3.10. The van der Waals surface area contributed by atoms with Crippen molar-refractivity contribution in [2.24, 2.45) is 0 Å². The zero-order valence-electron chi connectivity index (χ0n) is 7.25. The predicted molar refractivity (Wildman–Crippen MR) is 48.0 cm³/mol. The SMILES string of the molecule is [CH2]OCCOc1cccc(C)c1. The molecule has 0 aliphatic heterocycles. The number of hydrogen-bond acceptors (Lipinski definition) is 2. The highest BCUT2D eigenvalue weighted by Gasteiger charge is 1.92. The van der Waals surface area contributed by atoms with Crippen LogP contribution in [0.1, 0.15) is 5.56 Å². The standard InChI is InChI=1S/C10H13O2/c1-9-4-3-5-10(8-9)12-7-6-11-2/h3-5,8H,2,6-7H2,1H3. The molecule has 0 amide bonds. The Morgan fingerprint density at radius 1 is 1.33 bits per heavy atom. The molecule has 12 heavy (non-hydrogen) atoms. The monoisotopic (exact) mass is 165 g/mol. The van der Waals surface area contributed by atoms with Gasteiger partial charge in [0.25, 0.3) is 0 Å². The van der Waals surface area contributed by atoms with Gasteiger partial charge in [-0.15, -0.1) is 0 Å². The molecule has 0 heterocycles. The van der Waals surface area contributed by atoms with Gasteiger partial charge in [-0.1, -0.05) is 12.1 Å². The Kier molecular flexibility index (Phi) is 3.61. The highest BCUT2D eigenvalue weighted by atomic mass is 16.5. The van der Waals surface area contributed by atoms with Gasteiger partial charge in [0.1, 0.15) is 12.4 Å². The van der Waals surface area contributed by atoms with Crippen LogP contribution in [0.15, 0.2) is 24.3 Å². The van der Waals surface area contributed by atoms with Crippen molar-refractivity contribution in [3.8, 4) is 5.75 Å². The van der Waals surface area contributed by atoms with E-state index in [1.165, 1.54) is 5.56 Å². The third kappa shape index (κ3) is 2.93. The molecule has 0 aliphatic carbocycles. The molecule has 1 aromatic rings. The molecule has 0 aliphatic rings. The van der Waals surface area contributed by atoms with E-state index in [9.17, 15) is 0 Å². The normalized spacial score (nSPS) is 9.83. The lowest BCUT2D eigenvalue weighted by Gasteiger charge is -2.05. The molecule has 0 aromatic heterocycles. The van der Waals surface area contributed by atoms with Crippen LogP contribution in [-0.2, 0) is 4.74 Å². The van der Waals surface area contributed by atoms with Crippen LogP contribution in [-0.4, -0.2) is 13.2 Å². The van der Waals surface area contributed by atoms with Gasteiger partial charge in [-0.3, -0.25) is 0 Å². The third-order valence-corrected chi connectivity index (χ3v) is 1.49. The summed E-state index contributed by atoms with van der Waals surface area (Å²) in [5.74, 6) is 0.882. The van der Waals surface area contributed by atoms with E-state index < -0.39 is 0 Å². The molecule has 2 nitrogen and oxygen atoms in total. The topological polar surface area (TPSA) is 18.5 Å². The second-order valence-electron chi connectivity index (χ2n) is 2.57. The zero-order valence-corrected chi connectivity index (χ0v) is 7.25. The average molecular weight is 165 g/mol. The van der Waals surface area contributed by atoms with Gasteiger partial charge in [0.15, 0.2) is 0 Å². The van der Waals surface area contributed by atoms with Crippen LogP contribution in [0.5, 0.6) is 5.75 Å². The Hall–Kier alpha value is -1.02. The van der Waals surface area contributed by atoms with Crippen LogP contribution in [0.25, 0.3) is 0 Å². The molecule has 0 fully saturated rings. The maximum absolute atomic E-state index is 5.36. The van der Waals surface area contributed by atoms with Crippen molar-refractivity contribution in [1.82, 2.24) is 0 Å². The van der Waals surface area contributed by atoms with Crippen molar-refractivity contribution < 1.29 is 9.47 Å². The van der Waals surface area contributed by atoms with E-state index in [4.69, 9.17) is 4.74 Å². The molecule has 0 atom stereocenters. The minimum absolute atomic E-state index is 0.522. The molecule has 65 valence electrons. The Morgan fingerprint density at radius 3 is 2.83 bits per heavy atom. The first-order chi connectivity index (χ1) is 5.83. The molecular formula is C10H13O2. The van der Waals surface area contributed by atoms with Crippen LogP contribution in [0.2, 0.25) is 0 Å². The lowest BCUT2D eigenvalue weighted by atomic mass is 10.2. The minimum Gasteiger partial charge on any atom is -0.491 e. The maximum Gasteiger partial charge on any atom is 0.119 e. The van der Waals surface area contributed by atoms with Crippen molar-refractivity contribution in [1.29, 1.82) is 0 Å². The second kappa shape index (κ2) is 4.78. The molecule has 0 saturated heterocycles. The van der Waals surface area contributed by atoms with Crippen LogP contribution >= 0.6 is 0 Å². The summed E-state index contributed by atoms with van der Waals surface area (Å²) in [5.41, 5.74) is 1.20.